The van der Waals surface area contributed by atoms with Crippen LogP contribution in [-0.2, 0) is 20.7 Å². The number of ether oxygens (including phenoxy) is 1. The molecule has 1 aromatic rings. The maximum Gasteiger partial charge on any atom is 0.396 e. The van der Waals surface area contributed by atoms with Gasteiger partial charge in [-0.15, -0.1) is 0 Å². The van der Waals surface area contributed by atoms with Crippen molar-refractivity contribution in [2.24, 2.45) is 0 Å². The van der Waals surface area contributed by atoms with Crippen LogP contribution in [0.5, 0.6) is 0 Å². The third kappa shape index (κ3) is 3.34. The molecule has 0 aliphatic rings. The van der Waals surface area contributed by atoms with Gasteiger partial charge in [-0.25, -0.2) is 4.79 Å². The summed E-state index contributed by atoms with van der Waals surface area (Å²) < 4.78 is 4.35. The Morgan fingerprint density at radius 3 is 2.56 bits per heavy atom. The van der Waals surface area contributed by atoms with Crippen LogP contribution in [0.2, 0.25) is 0 Å². The number of rotatable bonds is 3. The minimum absolute atomic E-state index is 0.470. The van der Waals surface area contributed by atoms with Crippen LogP contribution < -0.4 is 0 Å². The van der Waals surface area contributed by atoms with Gasteiger partial charge in [-0.3, -0.25) is 9.78 Å². The molecule has 0 aromatic carbocycles. The van der Waals surface area contributed by atoms with Gasteiger partial charge in [0.05, 0.1) is 7.11 Å². The summed E-state index contributed by atoms with van der Waals surface area (Å²) in [5, 5.41) is 0. The summed E-state index contributed by atoms with van der Waals surface area (Å²) >= 11 is 0. The van der Waals surface area contributed by atoms with Gasteiger partial charge in [0, 0.05) is 26.0 Å². The van der Waals surface area contributed by atoms with Crippen molar-refractivity contribution in [1.82, 2.24) is 9.88 Å². The van der Waals surface area contributed by atoms with E-state index in [2.05, 4.69) is 9.72 Å². The van der Waals surface area contributed by atoms with E-state index in [1.54, 1.807) is 19.4 Å². The normalized spacial score (nSPS) is 9.62. The average Bonchev–Trinajstić information content (AvgIpc) is 2.35. The van der Waals surface area contributed by atoms with Crippen molar-refractivity contribution >= 4 is 11.9 Å². The lowest BCUT2D eigenvalue weighted by molar-refractivity contribution is -0.157. The Hall–Kier alpha value is -1.91. The molecular formula is C11H14N2O3. The smallest absolute Gasteiger partial charge is 0.396 e. The monoisotopic (exact) mass is 222 g/mol. The summed E-state index contributed by atoms with van der Waals surface area (Å²) in [5.41, 5.74) is 1.07. The van der Waals surface area contributed by atoms with Crippen LogP contribution >= 0.6 is 0 Å². The molecule has 1 rings (SSSR count). The van der Waals surface area contributed by atoms with E-state index in [0.29, 0.717) is 13.0 Å². The van der Waals surface area contributed by atoms with Gasteiger partial charge in [0.2, 0.25) is 0 Å². The number of amides is 1. The second kappa shape index (κ2) is 5.85. The molecule has 0 atom stereocenters. The maximum atomic E-state index is 11.3. The van der Waals surface area contributed by atoms with Gasteiger partial charge in [0.15, 0.2) is 0 Å². The average molecular weight is 222 g/mol. The van der Waals surface area contributed by atoms with Crippen LogP contribution in [0, 0.1) is 0 Å². The highest BCUT2D eigenvalue weighted by Crippen LogP contribution is 1.99. The summed E-state index contributed by atoms with van der Waals surface area (Å²) in [7, 11) is 2.76. The van der Waals surface area contributed by atoms with E-state index in [-0.39, 0.29) is 0 Å². The summed E-state index contributed by atoms with van der Waals surface area (Å²) in [4.78, 5) is 27.5. The number of nitrogens with zero attached hydrogens (tertiary/aromatic N) is 2. The van der Waals surface area contributed by atoms with Crippen molar-refractivity contribution in [2.45, 2.75) is 6.42 Å². The highest BCUT2D eigenvalue weighted by Gasteiger charge is 2.18. The number of hydrogen-bond donors (Lipinski definition) is 0. The molecule has 0 N–H and O–H groups in total. The van der Waals surface area contributed by atoms with Gasteiger partial charge in [0.25, 0.3) is 0 Å². The number of hydrogen-bond acceptors (Lipinski definition) is 4. The van der Waals surface area contributed by atoms with E-state index in [4.69, 9.17) is 0 Å². The van der Waals surface area contributed by atoms with E-state index in [1.807, 2.05) is 12.1 Å². The Balaban J connectivity index is 2.44. The van der Waals surface area contributed by atoms with Crippen molar-refractivity contribution < 1.29 is 14.3 Å². The highest BCUT2D eigenvalue weighted by molar-refractivity contribution is 6.32. The molecular weight excluding hydrogens is 208 g/mol. The lowest BCUT2D eigenvalue weighted by Crippen LogP contribution is -2.35. The van der Waals surface area contributed by atoms with E-state index in [0.717, 1.165) is 5.56 Å². The molecule has 1 heterocycles. The highest BCUT2D eigenvalue weighted by atomic mass is 16.5. The van der Waals surface area contributed by atoms with Gasteiger partial charge in [-0.1, -0.05) is 0 Å². The molecule has 1 aromatic heterocycles. The molecule has 5 nitrogen and oxygen atoms in total. The first-order chi connectivity index (χ1) is 7.65. The first-order valence-electron chi connectivity index (χ1n) is 4.87. The molecule has 0 spiro atoms. The third-order valence-electron chi connectivity index (χ3n) is 2.19. The molecule has 0 fully saturated rings. The Morgan fingerprint density at radius 1 is 1.38 bits per heavy atom. The number of carbonyl (C=O) groups excluding carboxylic acids is 2. The number of aromatic nitrogens is 1. The second-order valence-electron chi connectivity index (χ2n) is 3.32. The number of methoxy groups -OCH3 is 1. The largest absolute Gasteiger partial charge is 0.462 e. The lowest BCUT2D eigenvalue weighted by Gasteiger charge is -2.15. The van der Waals surface area contributed by atoms with Crippen LogP contribution in [0.3, 0.4) is 0 Å². The van der Waals surface area contributed by atoms with Gasteiger partial charge in [0.1, 0.15) is 0 Å². The Labute approximate surface area is 94.0 Å². The Kier molecular flexibility index (Phi) is 4.44. The van der Waals surface area contributed by atoms with Crippen molar-refractivity contribution in [3.8, 4) is 0 Å². The first kappa shape index (κ1) is 12.2. The summed E-state index contributed by atoms with van der Waals surface area (Å²) in [6.07, 6.45) is 4.07. The van der Waals surface area contributed by atoms with Gasteiger partial charge >= 0.3 is 11.9 Å². The Bertz CT molecular complexity index is 365. The van der Waals surface area contributed by atoms with Crippen LogP contribution in [0.4, 0.5) is 0 Å². The van der Waals surface area contributed by atoms with Crippen molar-refractivity contribution in [3.63, 3.8) is 0 Å². The van der Waals surface area contributed by atoms with Crippen molar-refractivity contribution in [1.29, 1.82) is 0 Å². The molecule has 0 saturated carbocycles. The lowest BCUT2D eigenvalue weighted by atomic mass is 10.2. The standard InChI is InChI=1S/C11H14N2O3/c1-13(10(14)11(15)16-2)8-5-9-3-6-12-7-4-9/h3-4,6-7H,5,8H2,1-2H3. The van der Waals surface area contributed by atoms with Crippen LogP contribution in [-0.4, -0.2) is 42.5 Å². The maximum absolute atomic E-state index is 11.3. The summed E-state index contributed by atoms with van der Waals surface area (Å²) in [6.45, 7) is 0.470. The second-order valence-corrected chi connectivity index (χ2v) is 3.32. The minimum Gasteiger partial charge on any atom is -0.462 e. The molecule has 86 valence electrons. The fraction of sp³-hybridized carbons (Fsp3) is 0.364. The molecule has 16 heavy (non-hydrogen) atoms. The predicted octanol–water partition coefficient (Wildman–Crippen LogP) is 0.255. The topological polar surface area (TPSA) is 59.5 Å². The predicted molar refractivity (Wildman–Crippen MR) is 57.6 cm³/mol. The number of likely N-dealkylation sites (N-methyl/N-ethyl adjacent to an activating group) is 1. The van der Waals surface area contributed by atoms with E-state index in [9.17, 15) is 9.59 Å². The summed E-state index contributed by atoms with van der Waals surface area (Å²) in [6, 6.07) is 3.74. The first-order valence-corrected chi connectivity index (χ1v) is 4.87. The van der Waals surface area contributed by atoms with E-state index < -0.39 is 11.9 Å². The molecule has 0 aliphatic heterocycles. The van der Waals surface area contributed by atoms with Crippen molar-refractivity contribution in [3.05, 3.63) is 30.1 Å². The molecule has 1 amide bonds. The zero-order valence-corrected chi connectivity index (χ0v) is 9.34. The van der Waals surface area contributed by atoms with Crippen LogP contribution in [0.15, 0.2) is 24.5 Å². The van der Waals surface area contributed by atoms with E-state index in [1.165, 1.54) is 12.0 Å². The van der Waals surface area contributed by atoms with Crippen LogP contribution in [0.25, 0.3) is 0 Å². The van der Waals surface area contributed by atoms with Gasteiger partial charge in [-0.2, -0.15) is 0 Å². The molecule has 0 unspecified atom stereocenters. The molecule has 0 bridgehead atoms. The fourth-order valence-electron chi connectivity index (χ4n) is 1.19. The van der Waals surface area contributed by atoms with Crippen LogP contribution in [0.1, 0.15) is 5.56 Å². The number of pyridine rings is 1. The summed E-state index contributed by atoms with van der Waals surface area (Å²) in [5.74, 6) is -1.46. The minimum atomic E-state index is -0.836. The third-order valence-corrected chi connectivity index (χ3v) is 2.19. The molecule has 5 heteroatoms. The Morgan fingerprint density at radius 2 is 2.00 bits per heavy atom. The molecule has 0 aliphatic carbocycles. The van der Waals surface area contributed by atoms with Gasteiger partial charge in [-0.05, 0) is 24.1 Å². The fourth-order valence-corrected chi connectivity index (χ4v) is 1.19. The zero-order valence-electron chi connectivity index (χ0n) is 9.34. The van der Waals surface area contributed by atoms with E-state index >= 15 is 0 Å². The molecule has 0 radical (unpaired) electrons. The number of carbonyl (C=O) groups is 2. The van der Waals surface area contributed by atoms with Gasteiger partial charge < -0.3 is 9.64 Å². The quantitative estimate of drug-likeness (QED) is 0.543. The number of esters is 1. The SMILES string of the molecule is COC(=O)C(=O)N(C)CCc1ccncc1. The van der Waals surface area contributed by atoms with Crippen molar-refractivity contribution in [2.75, 3.05) is 20.7 Å². The molecule has 0 saturated heterocycles. The zero-order chi connectivity index (χ0) is 12.0.